The Labute approximate surface area is 204 Å². The van der Waals surface area contributed by atoms with Crippen LogP contribution in [0.2, 0.25) is 5.02 Å². The molecule has 1 aliphatic rings. The predicted octanol–water partition coefficient (Wildman–Crippen LogP) is 4.27. The van der Waals surface area contributed by atoms with Crippen LogP contribution in [0.15, 0.2) is 46.3 Å². The Bertz CT molecular complexity index is 1180. The summed E-state index contributed by atoms with van der Waals surface area (Å²) in [6, 6.07) is 9.37. The summed E-state index contributed by atoms with van der Waals surface area (Å²) in [5, 5.41) is 12.3. The fourth-order valence-electron chi connectivity index (χ4n) is 2.84. The van der Waals surface area contributed by atoms with Crippen molar-refractivity contribution < 1.29 is 33.7 Å². The number of esters is 1. The van der Waals surface area contributed by atoms with Gasteiger partial charge in [0.05, 0.1) is 34.4 Å². The number of benzene rings is 2. The Kier molecular flexibility index (Phi) is 8.55. The van der Waals surface area contributed by atoms with Crippen molar-refractivity contribution >= 4 is 58.1 Å². The van der Waals surface area contributed by atoms with Gasteiger partial charge in [0.15, 0.2) is 23.3 Å². The van der Waals surface area contributed by atoms with Crippen LogP contribution in [0.3, 0.4) is 0 Å². The lowest BCUT2D eigenvalue weighted by atomic mass is 10.2. The summed E-state index contributed by atoms with van der Waals surface area (Å²) < 4.78 is 16.0. The standard InChI is InChI=1S/C23H21ClN2O7S/c1-3-31-18-9-13(5-8-17(18)33-12-20(27)32-4-2)10-19-21(28)26-23(34-19)25-14-6-7-16(24)15(11-14)22(29)30/h5-11H,3-4,12H2,1-2H3,(H,29,30)(H,25,26,28)/b19-10-. The number of rotatable bonds is 9. The minimum atomic E-state index is -1.17. The van der Waals surface area contributed by atoms with Gasteiger partial charge < -0.3 is 24.6 Å². The third-order valence-corrected chi connectivity index (χ3v) is 5.52. The molecule has 2 aromatic carbocycles. The lowest BCUT2D eigenvalue weighted by Gasteiger charge is -2.12. The van der Waals surface area contributed by atoms with E-state index < -0.39 is 11.9 Å². The van der Waals surface area contributed by atoms with Gasteiger partial charge in [-0.2, -0.15) is 0 Å². The largest absolute Gasteiger partial charge is 0.490 e. The molecule has 3 rings (SSSR count). The highest BCUT2D eigenvalue weighted by Gasteiger charge is 2.24. The van der Waals surface area contributed by atoms with Gasteiger partial charge in [0.25, 0.3) is 5.91 Å². The summed E-state index contributed by atoms with van der Waals surface area (Å²) in [5.74, 6) is -1.22. The molecule has 2 aromatic rings. The number of aliphatic imine (C=N–C) groups is 1. The van der Waals surface area contributed by atoms with Crippen molar-refractivity contribution in [1.29, 1.82) is 0 Å². The third kappa shape index (κ3) is 6.52. The van der Waals surface area contributed by atoms with E-state index in [0.717, 1.165) is 11.8 Å². The van der Waals surface area contributed by atoms with Gasteiger partial charge >= 0.3 is 11.9 Å². The van der Waals surface area contributed by atoms with Crippen molar-refractivity contribution in [1.82, 2.24) is 5.32 Å². The molecule has 11 heteroatoms. The number of carbonyl (C=O) groups is 3. The lowest BCUT2D eigenvalue weighted by Crippen LogP contribution is -2.19. The molecule has 1 heterocycles. The normalized spacial score (nSPS) is 15.3. The van der Waals surface area contributed by atoms with Crippen molar-refractivity contribution in [2.24, 2.45) is 4.99 Å². The summed E-state index contributed by atoms with van der Waals surface area (Å²) in [4.78, 5) is 39.9. The van der Waals surface area contributed by atoms with Gasteiger partial charge in [-0.15, -0.1) is 0 Å². The second-order valence-electron chi connectivity index (χ2n) is 6.68. The maximum Gasteiger partial charge on any atom is 0.344 e. The Morgan fingerprint density at radius 1 is 1.12 bits per heavy atom. The maximum atomic E-state index is 12.4. The van der Waals surface area contributed by atoms with Crippen molar-refractivity contribution in [3.05, 3.63) is 57.5 Å². The Morgan fingerprint density at radius 2 is 1.91 bits per heavy atom. The van der Waals surface area contributed by atoms with E-state index in [1.165, 1.54) is 12.1 Å². The van der Waals surface area contributed by atoms with Gasteiger partial charge in [0.2, 0.25) is 0 Å². The van der Waals surface area contributed by atoms with Gasteiger partial charge in [-0.3, -0.25) is 4.79 Å². The van der Waals surface area contributed by atoms with Crippen LogP contribution >= 0.6 is 23.4 Å². The first-order valence-corrected chi connectivity index (χ1v) is 11.4. The predicted molar refractivity (Wildman–Crippen MR) is 129 cm³/mol. The molecule has 0 unspecified atom stereocenters. The van der Waals surface area contributed by atoms with Gasteiger partial charge in [0.1, 0.15) is 0 Å². The molecule has 0 saturated carbocycles. The number of amides is 1. The Morgan fingerprint density at radius 3 is 2.62 bits per heavy atom. The highest BCUT2D eigenvalue weighted by molar-refractivity contribution is 8.18. The molecular weight excluding hydrogens is 484 g/mol. The number of carboxylic acid groups (broad SMARTS) is 1. The van der Waals surface area contributed by atoms with Gasteiger partial charge in [0, 0.05) is 0 Å². The van der Waals surface area contributed by atoms with Crippen LogP contribution in [0.5, 0.6) is 11.5 Å². The molecule has 2 N–H and O–H groups in total. The van der Waals surface area contributed by atoms with Crippen LogP contribution in [-0.4, -0.2) is 47.9 Å². The van der Waals surface area contributed by atoms with Crippen LogP contribution in [0.4, 0.5) is 5.69 Å². The molecule has 178 valence electrons. The van der Waals surface area contributed by atoms with Gasteiger partial charge in [-0.1, -0.05) is 17.7 Å². The van der Waals surface area contributed by atoms with Crippen molar-refractivity contribution in [3.8, 4) is 11.5 Å². The fraction of sp³-hybridized carbons (Fsp3) is 0.217. The zero-order valence-corrected chi connectivity index (χ0v) is 19.9. The van der Waals surface area contributed by atoms with Crippen molar-refractivity contribution in [3.63, 3.8) is 0 Å². The number of amidine groups is 1. The molecule has 1 amide bonds. The van der Waals surface area contributed by atoms with Crippen LogP contribution in [0.1, 0.15) is 29.8 Å². The summed E-state index contributed by atoms with van der Waals surface area (Å²) in [6.45, 7) is 3.91. The first-order chi connectivity index (χ1) is 16.3. The lowest BCUT2D eigenvalue weighted by molar-refractivity contribution is -0.145. The number of carbonyl (C=O) groups excluding carboxylic acids is 2. The molecule has 0 atom stereocenters. The highest BCUT2D eigenvalue weighted by atomic mass is 35.5. The van der Waals surface area contributed by atoms with Crippen LogP contribution in [0, 0.1) is 0 Å². The molecule has 1 fully saturated rings. The molecule has 0 aliphatic carbocycles. The molecule has 0 bridgehead atoms. The zero-order valence-electron chi connectivity index (χ0n) is 18.3. The quantitative estimate of drug-likeness (QED) is 0.383. The second kappa shape index (κ2) is 11.6. The van der Waals surface area contributed by atoms with E-state index >= 15 is 0 Å². The van der Waals surface area contributed by atoms with Gasteiger partial charge in [-0.05, 0) is 67.6 Å². The van der Waals surface area contributed by atoms with E-state index in [-0.39, 0.29) is 29.7 Å². The van der Waals surface area contributed by atoms with Crippen LogP contribution < -0.4 is 14.8 Å². The number of nitrogens with zero attached hydrogens (tertiary/aromatic N) is 1. The number of nitrogens with one attached hydrogen (secondary N) is 1. The number of carboxylic acids is 1. The summed E-state index contributed by atoms with van der Waals surface area (Å²) in [7, 11) is 0. The zero-order chi connectivity index (χ0) is 24.7. The van der Waals surface area contributed by atoms with Crippen LogP contribution in [0.25, 0.3) is 6.08 Å². The average molecular weight is 505 g/mol. The smallest absolute Gasteiger partial charge is 0.344 e. The van der Waals surface area contributed by atoms with E-state index in [1.54, 1.807) is 37.3 Å². The Balaban J connectivity index is 1.79. The van der Waals surface area contributed by atoms with E-state index in [9.17, 15) is 19.5 Å². The summed E-state index contributed by atoms with van der Waals surface area (Å²) in [5.41, 5.74) is 0.931. The average Bonchev–Trinajstić information content (AvgIpc) is 3.13. The monoisotopic (exact) mass is 504 g/mol. The number of aromatic carboxylic acids is 1. The minimum absolute atomic E-state index is 0.0812. The molecule has 34 heavy (non-hydrogen) atoms. The van der Waals surface area contributed by atoms with Crippen LogP contribution in [-0.2, 0) is 14.3 Å². The molecule has 0 spiro atoms. The number of hydrogen-bond donors (Lipinski definition) is 2. The van der Waals surface area contributed by atoms with E-state index in [1.807, 2.05) is 6.92 Å². The van der Waals surface area contributed by atoms with Gasteiger partial charge in [-0.25, -0.2) is 14.6 Å². The van der Waals surface area contributed by atoms with E-state index in [2.05, 4.69) is 10.3 Å². The highest BCUT2D eigenvalue weighted by Crippen LogP contribution is 2.33. The molecule has 9 nitrogen and oxygen atoms in total. The van der Waals surface area contributed by atoms with Crippen molar-refractivity contribution in [2.45, 2.75) is 13.8 Å². The molecule has 0 radical (unpaired) electrons. The van der Waals surface area contributed by atoms with Crippen molar-refractivity contribution in [2.75, 3.05) is 19.8 Å². The first-order valence-electron chi connectivity index (χ1n) is 10.2. The first kappa shape index (κ1) is 25.1. The fourth-order valence-corrected chi connectivity index (χ4v) is 3.88. The molecular formula is C23H21ClN2O7S. The number of ether oxygens (including phenoxy) is 3. The number of thioether (sulfide) groups is 1. The minimum Gasteiger partial charge on any atom is -0.490 e. The number of halogens is 1. The maximum absolute atomic E-state index is 12.4. The molecule has 1 aliphatic heterocycles. The SMILES string of the molecule is CCOC(=O)COc1ccc(/C=C2\SC(=Nc3ccc(Cl)c(C(=O)O)c3)NC2=O)cc1OCC. The molecule has 1 saturated heterocycles. The van der Waals surface area contributed by atoms with E-state index in [4.69, 9.17) is 25.8 Å². The Hall–Kier alpha value is -3.50. The molecule has 0 aromatic heterocycles. The summed E-state index contributed by atoms with van der Waals surface area (Å²) >= 11 is 6.99. The topological polar surface area (TPSA) is 124 Å². The number of hydrogen-bond acceptors (Lipinski definition) is 8. The summed E-state index contributed by atoms with van der Waals surface area (Å²) in [6.07, 6.45) is 1.66. The third-order valence-electron chi connectivity index (χ3n) is 4.28. The second-order valence-corrected chi connectivity index (χ2v) is 8.12. The van der Waals surface area contributed by atoms with E-state index in [0.29, 0.717) is 39.4 Å².